The van der Waals surface area contributed by atoms with Gasteiger partial charge in [-0.05, 0) is 43.5 Å². The van der Waals surface area contributed by atoms with E-state index < -0.39 is 11.9 Å². The summed E-state index contributed by atoms with van der Waals surface area (Å²) in [6.45, 7) is 11.0. The molecule has 7 heteroatoms. The number of para-hydroxylation sites is 2. The van der Waals surface area contributed by atoms with Gasteiger partial charge in [-0.3, -0.25) is 4.90 Å². The Morgan fingerprint density at radius 3 is 2.46 bits per heavy atom. The molecule has 6 nitrogen and oxygen atoms in total. The molecule has 3 aromatic rings. The molecule has 0 unspecified atom stereocenters. The Morgan fingerprint density at radius 2 is 1.77 bits per heavy atom. The fourth-order valence-electron chi connectivity index (χ4n) is 3.96. The van der Waals surface area contributed by atoms with Crippen molar-refractivity contribution in [2.24, 2.45) is 5.92 Å². The number of hydrogen-bond donors (Lipinski definition) is 1. The third-order valence-electron chi connectivity index (χ3n) is 5.61. The van der Waals surface area contributed by atoms with Crippen molar-refractivity contribution in [1.82, 2.24) is 14.7 Å². The van der Waals surface area contributed by atoms with Crippen LogP contribution in [0.2, 0.25) is 0 Å². The first kappa shape index (κ1) is 26.9. The molecule has 1 heterocycles. The molecule has 190 valence electrons. The molecule has 2 aromatic carbocycles. The van der Waals surface area contributed by atoms with E-state index in [2.05, 4.69) is 25.7 Å². The highest BCUT2D eigenvalue weighted by atomic mass is 19.1. The van der Waals surface area contributed by atoms with Crippen molar-refractivity contribution >= 4 is 0 Å². The third-order valence-corrected chi connectivity index (χ3v) is 5.61. The Hall–Kier alpha value is -2.74. The molecular weight excluding hydrogens is 445 g/mol. The van der Waals surface area contributed by atoms with Gasteiger partial charge in [0, 0.05) is 26.2 Å². The lowest BCUT2D eigenvalue weighted by atomic mass is 10.1. The van der Waals surface area contributed by atoms with Crippen molar-refractivity contribution in [3.05, 3.63) is 71.7 Å². The zero-order valence-corrected chi connectivity index (χ0v) is 21.3. The molecule has 1 N–H and O–H groups in total. The molecule has 0 radical (unpaired) electrons. The Labute approximate surface area is 208 Å². The van der Waals surface area contributed by atoms with Gasteiger partial charge in [0.2, 0.25) is 5.88 Å². The summed E-state index contributed by atoms with van der Waals surface area (Å²) < 4.78 is 28.0. The van der Waals surface area contributed by atoms with Crippen LogP contribution in [0.1, 0.15) is 44.9 Å². The zero-order chi connectivity index (χ0) is 25.2. The van der Waals surface area contributed by atoms with Crippen molar-refractivity contribution < 1.29 is 19.0 Å². The number of benzene rings is 2. The van der Waals surface area contributed by atoms with Crippen LogP contribution in [0.3, 0.4) is 0 Å². The standard InChI is InChI=1S/C28H38FN3O3/c1-5-6-16-34-20-24(33)18-31(17-21(2)3)19-25-22(4)30-32(23-12-8-7-9-13-23)28(25)35-27-15-11-10-14-26(27)29/h7-15,21,24,33H,5-6,16-20H2,1-4H3/t24-/m0/s1. The van der Waals surface area contributed by atoms with E-state index in [0.29, 0.717) is 38.1 Å². The maximum absolute atomic E-state index is 14.5. The molecule has 0 aliphatic heterocycles. The maximum Gasteiger partial charge on any atom is 0.227 e. The molecule has 0 aliphatic carbocycles. The second-order valence-electron chi connectivity index (χ2n) is 9.32. The number of nitrogens with zero attached hydrogens (tertiary/aromatic N) is 3. The summed E-state index contributed by atoms with van der Waals surface area (Å²) in [6, 6.07) is 16.0. The lowest BCUT2D eigenvalue weighted by Gasteiger charge is -2.27. The SMILES string of the molecule is CCCCOC[C@@H](O)CN(Cc1c(C)nn(-c2ccccc2)c1Oc1ccccc1F)CC(C)C. The van der Waals surface area contributed by atoms with Crippen LogP contribution in [0.15, 0.2) is 54.6 Å². The predicted molar refractivity (Wildman–Crippen MR) is 137 cm³/mol. The molecule has 0 spiro atoms. The molecule has 0 fully saturated rings. The number of aliphatic hydroxyl groups is 1. The smallest absolute Gasteiger partial charge is 0.227 e. The third kappa shape index (κ3) is 7.88. The van der Waals surface area contributed by atoms with Crippen LogP contribution >= 0.6 is 0 Å². The van der Waals surface area contributed by atoms with Crippen LogP contribution in [0, 0.1) is 18.7 Å². The predicted octanol–water partition coefficient (Wildman–Crippen LogP) is 5.75. The van der Waals surface area contributed by atoms with E-state index in [1.807, 2.05) is 37.3 Å². The van der Waals surface area contributed by atoms with E-state index in [9.17, 15) is 9.50 Å². The summed E-state index contributed by atoms with van der Waals surface area (Å²) in [5.41, 5.74) is 2.48. The van der Waals surface area contributed by atoms with Gasteiger partial charge in [-0.2, -0.15) is 5.10 Å². The zero-order valence-electron chi connectivity index (χ0n) is 21.3. The number of ether oxygens (including phenoxy) is 2. The van der Waals surface area contributed by atoms with E-state index in [1.54, 1.807) is 22.9 Å². The molecule has 1 atom stereocenters. The van der Waals surface area contributed by atoms with Gasteiger partial charge < -0.3 is 14.6 Å². The molecule has 0 amide bonds. The summed E-state index contributed by atoms with van der Waals surface area (Å²) in [7, 11) is 0. The second kappa shape index (κ2) is 13.4. The average molecular weight is 484 g/mol. The molecule has 0 bridgehead atoms. The van der Waals surface area contributed by atoms with Gasteiger partial charge in [0.15, 0.2) is 11.6 Å². The second-order valence-corrected chi connectivity index (χ2v) is 9.32. The maximum atomic E-state index is 14.5. The van der Waals surface area contributed by atoms with Crippen LogP contribution in [0.4, 0.5) is 4.39 Å². The van der Waals surface area contributed by atoms with Gasteiger partial charge >= 0.3 is 0 Å². The molecule has 0 saturated heterocycles. The van der Waals surface area contributed by atoms with Crippen LogP contribution in [-0.4, -0.2) is 52.2 Å². The van der Waals surface area contributed by atoms with Crippen molar-refractivity contribution in [3.8, 4) is 17.3 Å². The number of halogens is 1. The van der Waals surface area contributed by atoms with Crippen LogP contribution < -0.4 is 4.74 Å². The van der Waals surface area contributed by atoms with E-state index >= 15 is 0 Å². The summed E-state index contributed by atoms with van der Waals surface area (Å²) in [6.07, 6.45) is 1.44. The minimum absolute atomic E-state index is 0.144. The van der Waals surface area contributed by atoms with E-state index in [-0.39, 0.29) is 5.75 Å². The fraction of sp³-hybridized carbons (Fsp3) is 0.464. The van der Waals surface area contributed by atoms with Gasteiger partial charge in [-0.1, -0.05) is 57.5 Å². The topological polar surface area (TPSA) is 59.8 Å². The van der Waals surface area contributed by atoms with Gasteiger partial charge in [0.25, 0.3) is 0 Å². The number of unbranched alkanes of at least 4 members (excludes halogenated alkanes) is 1. The number of aliphatic hydroxyl groups excluding tert-OH is 1. The summed E-state index contributed by atoms with van der Waals surface area (Å²) in [4.78, 5) is 2.19. The molecule has 1 aromatic heterocycles. The van der Waals surface area contributed by atoms with Crippen LogP contribution in [-0.2, 0) is 11.3 Å². The normalized spacial score (nSPS) is 12.5. The molecular formula is C28H38FN3O3. The quantitative estimate of drug-likeness (QED) is 0.296. The lowest BCUT2D eigenvalue weighted by Crippen LogP contribution is -2.37. The van der Waals surface area contributed by atoms with Crippen molar-refractivity contribution in [3.63, 3.8) is 0 Å². The van der Waals surface area contributed by atoms with Gasteiger partial charge in [0.1, 0.15) is 0 Å². The lowest BCUT2D eigenvalue weighted by molar-refractivity contribution is 0.0123. The van der Waals surface area contributed by atoms with E-state index in [0.717, 1.165) is 36.3 Å². The van der Waals surface area contributed by atoms with E-state index in [4.69, 9.17) is 14.6 Å². The number of aromatic nitrogens is 2. The monoisotopic (exact) mass is 483 g/mol. The van der Waals surface area contributed by atoms with Crippen molar-refractivity contribution in [2.75, 3.05) is 26.3 Å². The number of hydrogen-bond acceptors (Lipinski definition) is 5. The van der Waals surface area contributed by atoms with Crippen LogP contribution in [0.5, 0.6) is 11.6 Å². The Kier molecular flexibility index (Phi) is 10.3. The van der Waals surface area contributed by atoms with E-state index in [1.165, 1.54) is 6.07 Å². The Morgan fingerprint density at radius 1 is 1.06 bits per heavy atom. The minimum atomic E-state index is -0.606. The summed E-state index contributed by atoms with van der Waals surface area (Å²) in [5.74, 6) is 0.575. The fourth-order valence-corrected chi connectivity index (χ4v) is 3.96. The van der Waals surface area contributed by atoms with Gasteiger partial charge in [-0.25, -0.2) is 9.07 Å². The van der Waals surface area contributed by atoms with Crippen molar-refractivity contribution in [1.29, 1.82) is 0 Å². The van der Waals surface area contributed by atoms with Gasteiger partial charge in [-0.15, -0.1) is 0 Å². The molecule has 35 heavy (non-hydrogen) atoms. The minimum Gasteiger partial charge on any atom is -0.435 e. The van der Waals surface area contributed by atoms with Crippen molar-refractivity contribution in [2.45, 2.75) is 53.2 Å². The highest BCUT2D eigenvalue weighted by Crippen LogP contribution is 2.33. The number of aryl methyl sites for hydroxylation is 1. The first-order chi connectivity index (χ1) is 16.9. The average Bonchev–Trinajstić information content (AvgIpc) is 3.13. The number of rotatable bonds is 14. The molecule has 0 saturated carbocycles. The Bertz CT molecular complexity index is 1040. The Balaban J connectivity index is 1.90. The highest BCUT2D eigenvalue weighted by Gasteiger charge is 2.23. The summed E-state index contributed by atoms with van der Waals surface area (Å²) in [5, 5.41) is 15.4. The first-order valence-electron chi connectivity index (χ1n) is 12.4. The largest absolute Gasteiger partial charge is 0.435 e. The first-order valence-corrected chi connectivity index (χ1v) is 12.4. The highest BCUT2D eigenvalue weighted by molar-refractivity contribution is 5.43. The molecule has 0 aliphatic rings. The van der Waals surface area contributed by atoms with Gasteiger partial charge in [0.05, 0.1) is 29.7 Å². The summed E-state index contributed by atoms with van der Waals surface area (Å²) >= 11 is 0. The molecule has 3 rings (SSSR count). The van der Waals surface area contributed by atoms with Crippen LogP contribution in [0.25, 0.3) is 5.69 Å².